The van der Waals surface area contributed by atoms with Crippen LogP contribution in [0.2, 0.25) is 0 Å². The highest BCUT2D eigenvalue weighted by molar-refractivity contribution is 9.10. The molecule has 0 heterocycles. The molecule has 0 aromatic heterocycles. The molecule has 0 aliphatic heterocycles. The molecule has 1 aromatic rings. The Bertz CT molecular complexity index is 370. The summed E-state index contributed by atoms with van der Waals surface area (Å²) in [5.74, 6) is -0.0445. The smallest absolute Gasteiger partial charge is 0.137 e. The van der Waals surface area contributed by atoms with E-state index in [9.17, 15) is 9.50 Å². The molecule has 0 saturated heterocycles. The van der Waals surface area contributed by atoms with Gasteiger partial charge in [0.05, 0.1) is 10.6 Å². The van der Waals surface area contributed by atoms with Gasteiger partial charge in [0.2, 0.25) is 0 Å². The Kier molecular flexibility index (Phi) is 5.56. The van der Waals surface area contributed by atoms with Gasteiger partial charge in [-0.2, -0.15) is 0 Å². The molecule has 0 spiro atoms. The minimum Gasteiger partial charge on any atom is -0.392 e. The van der Waals surface area contributed by atoms with Crippen molar-refractivity contribution in [3.05, 3.63) is 34.1 Å². The average molecular weight is 304 g/mol. The van der Waals surface area contributed by atoms with E-state index < -0.39 is 0 Å². The van der Waals surface area contributed by atoms with Crippen molar-refractivity contribution in [2.75, 3.05) is 6.54 Å². The monoisotopic (exact) mass is 303 g/mol. The normalized spacial score (nSPS) is 15.0. The molecule has 1 rings (SSSR count). The van der Waals surface area contributed by atoms with Crippen LogP contribution in [0.25, 0.3) is 0 Å². The minimum atomic E-state index is -0.377. The molecule has 96 valence electrons. The number of halogens is 2. The molecule has 0 fully saturated rings. The Morgan fingerprint density at radius 2 is 2.00 bits per heavy atom. The lowest BCUT2D eigenvalue weighted by Crippen LogP contribution is -2.32. The van der Waals surface area contributed by atoms with E-state index in [4.69, 9.17) is 0 Å². The molecular weight excluding hydrogens is 285 g/mol. The summed E-state index contributed by atoms with van der Waals surface area (Å²) >= 11 is 3.12. The fourth-order valence-corrected chi connectivity index (χ4v) is 1.68. The van der Waals surface area contributed by atoms with E-state index in [0.717, 1.165) is 5.56 Å². The van der Waals surface area contributed by atoms with Crippen LogP contribution < -0.4 is 5.32 Å². The van der Waals surface area contributed by atoms with Crippen LogP contribution in [-0.4, -0.2) is 17.8 Å². The first-order chi connectivity index (χ1) is 7.91. The first-order valence-electron chi connectivity index (χ1n) is 5.78. The number of hydrogen-bond donors (Lipinski definition) is 2. The largest absolute Gasteiger partial charge is 0.392 e. The summed E-state index contributed by atoms with van der Waals surface area (Å²) in [6.07, 6.45) is -0.377. The van der Waals surface area contributed by atoms with Crippen LogP contribution in [0.3, 0.4) is 0 Å². The number of aliphatic hydroxyl groups is 1. The average Bonchev–Trinajstić information content (AvgIpc) is 2.28. The third kappa shape index (κ3) is 4.37. The van der Waals surface area contributed by atoms with Crippen molar-refractivity contribution in [1.82, 2.24) is 5.32 Å². The maximum absolute atomic E-state index is 13.3. The first kappa shape index (κ1) is 14.6. The van der Waals surface area contributed by atoms with Gasteiger partial charge in [-0.1, -0.05) is 19.9 Å². The van der Waals surface area contributed by atoms with Gasteiger partial charge < -0.3 is 10.4 Å². The van der Waals surface area contributed by atoms with Gasteiger partial charge in [0.1, 0.15) is 5.82 Å². The SMILES string of the molecule is CC(NCC(O)C(C)C)c1ccc(Br)c(F)c1. The Labute approximate surface area is 110 Å². The Morgan fingerprint density at radius 1 is 1.35 bits per heavy atom. The summed E-state index contributed by atoms with van der Waals surface area (Å²) in [4.78, 5) is 0. The molecule has 0 saturated carbocycles. The summed E-state index contributed by atoms with van der Waals surface area (Å²) in [6.45, 7) is 6.40. The standard InChI is InChI=1S/C13H19BrFNO/c1-8(2)13(17)7-16-9(3)10-4-5-11(14)12(15)6-10/h4-6,8-9,13,16-17H,7H2,1-3H3. The molecule has 2 atom stereocenters. The number of hydrogen-bond acceptors (Lipinski definition) is 2. The van der Waals surface area contributed by atoms with Gasteiger partial charge in [-0.15, -0.1) is 0 Å². The zero-order chi connectivity index (χ0) is 13.0. The number of nitrogens with one attached hydrogen (secondary N) is 1. The molecule has 17 heavy (non-hydrogen) atoms. The second kappa shape index (κ2) is 6.47. The van der Waals surface area contributed by atoms with Crippen molar-refractivity contribution in [2.24, 2.45) is 5.92 Å². The zero-order valence-corrected chi connectivity index (χ0v) is 12.0. The Hall–Kier alpha value is -0.450. The van der Waals surface area contributed by atoms with Crippen LogP contribution >= 0.6 is 15.9 Å². The molecule has 1 aromatic carbocycles. The maximum Gasteiger partial charge on any atom is 0.137 e. The fraction of sp³-hybridized carbons (Fsp3) is 0.538. The molecule has 4 heteroatoms. The summed E-state index contributed by atoms with van der Waals surface area (Å²) in [7, 11) is 0. The van der Waals surface area contributed by atoms with Gasteiger partial charge in [-0.25, -0.2) is 4.39 Å². The fourth-order valence-electron chi connectivity index (χ4n) is 1.43. The first-order valence-corrected chi connectivity index (χ1v) is 6.57. The van der Waals surface area contributed by atoms with Crippen LogP contribution in [0.15, 0.2) is 22.7 Å². The van der Waals surface area contributed by atoms with Gasteiger partial charge in [0.15, 0.2) is 0 Å². The van der Waals surface area contributed by atoms with Gasteiger partial charge in [0, 0.05) is 12.6 Å². The Balaban J connectivity index is 2.58. The molecule has 0 radical (unpaired) electrons. The highest BCUT2D eigenvalue weighted by atomic mass is 79.9. The van der Waals surface area contributed by atoms with Crippen molar-refractivity contribution in [3.8, 4) is 0 Å². The minimum absolute atomic E-state index is 0.0194. The van der Waals surface area contributed by atoms with Crippen molar-refractivity contribution in [2.45, 2.75) is 32.9 Å². The van der Waals surface area contributed by atoms with Crippen molar-refractivity contribution < 1.29 is 9.50 Å². The van der Waals surface area contributed by atoms with Crippen LogP contribution in [-0.2, 0) is 0 Å². The van der Waals surface area contributed by atoms with E-state index in [0.29, 0.717) is 11.0 Å². The lowest BCUT2D eigenvalue weighted by molar-refractivity contribution is 0.120. The summed E-state index contributed by atoms with van der Waals surface area (Å²) in [5, 5.41) is 12.9. The number of aliphatic hydroxyl groups excluding tert-OH is 1. The van der Waals surface area contributed by atoms with Gasteiger partial charge in [-0.05, 0) is 46.5 Å². The van der Waals surface area contributed by atoms with E-state index in [-0.39, 0.29) is 23.9 Å². The molecule has 0 bridgehead atoms. The van der Waals surface area contributed by atoms with E-state index in [1.165, 1.54) is 6.07 Å². The highest BCUT2D eigenvalue weighted by Gasteiger charge is 2.12. The van der Waals surface area contributed by atoms with Crippen molar-refractivity contribution in [3.63, 3.8) is 0 Å². The maximum atomic E-state index is 13.3. The van der Waals surface area contributed by atoms with Crippen LogP contribution in [0, 0.1) is 11.7 Å². The van der Waals surface area contributed by atoms with Crippen LogP contribution in [0.1, 0.15) is 32.4 Å². The second-order valence-corrected chi connectivity index (χ2v) is 5.47. The summed E-state index contributed by atoms with van der Waals surface area (Å²) < 4.78 is 13.8. The van der Waals surface area contributed by atoms with Crippen molar-refractivity contribution in [1.29, 1.82) is 0 Å². The van der Waals surface area contributed by atoms with Gasteiger partial charge in [-0.3, -0.25) is 0 Å². The quantitative estimate of drug-likeness (QED) is 0.875. The van der Waals surface area contributed by atoms with Crippen molar-refractivity contribution >= 4 is 15.9 Å². The molecule has 2 nitrogen and oxygen atoms in total. The highest BCUT2D eigenvalue weighted by Crippen LogP contribution is 2.20. The molecule has 0 aliphatic carbocycles. The van der Waals surface area contributed by atoms with Crippen LogP contribution in [0.4, 0.5) is 4.39 Å². The predicted octanol–water partition coefficient (Wildman–Crippen LogP) is 3.26. The molecular formula is C13H19BrFNO. The Morgan fingerprint density at radius 3 is 2.53 bits per heavy atom. The third-order valence-corrected chi connectivity index (χ3v) is 3.49. The molecule has 0 amide bonds. The van der Waals surface area contributed by atoms with Gasteiger partial charge >= 0.3 is 0 Å². The van der Waals surface area contributed by atoms with Gasteiger partial charge in [0.25, 0.3) is 0 Å². The molecule has 2 unspecified atom stereocenters. The number of benzene rings is 1. The molecule has 2 N–H and O–H groups in total. The van der Waals surface area contributed by atoms with E-state index in [1.807, 2.05) is 26.8 Å². The van der Waals surface area contributed by atoms with E-state index >= 15 is 0 Å². The van der Waals surface area contributed by atoms with E-state index in [1.54, 1.807) is 6.07 Å². The lowest BCUT2D eigenvalue weighted by atomic mass is 10.1. The predicted molar refractivity (Wildman–Crippen MR) is 71.4 cm³/mol. The van der Waals surface area contributed by atoms with Crippen LogP contribution in [0.5, 0.6) is 0 Å². The zero-order valence-electron chi connectivity index (χ0n) is 10.4. The summed E-state index contributed by atoms with van der Waals surface area (Å²) in [5.41, 5.74) is 0.877. The second-order valence-electron chi connectivity index (χ2n) is 4.61. The topological polar surface area (TPSA) is 32.3 Å². The number of rotatable bonds is 5. The summed E-state index contributed by atoms with van der Waals surface area (Å²) in [6, 6.07) is 5.09. The third-order valence-electron chi connectivity index (χ3n) is 2.85. The molecule has 0 aliphatic rings. The lowest BCUT2D eigenvalue weighted by Gasteiger charge is -2.19. The van der Waals surface area contributed by atoms with E-state index in [2.05, 4.69) is 21.2 Å².